The summed E-state index contributed by atoms with van der Waals surface area (Å²) in [4.78, 5) is 2.27. The van der Waals surface area contributed by atoms with Crippen molar-refractivity contribution in [2.75, 3.05) is 25.0 Å². The van der Waals surface area contributed by atoms with Gasteiger partial charge < -0.3 is 10.2 Å². The fourth-order valence-electron chi connectivity index (χ4n) is 2.10. The van der Waals surface area contributed by atoms with Gasteiger partial charge in [0.2, 0.25) is 0 Å². The van der Waals surface area contributed by atoms with Crippen molar-refractivity contribution in [2.24, 2.45) is 5.92 Å². The number of anilines is 1. The zero-order valence-electron chi connectivity index (χ0n) is 11.8. The molecular formula is C15H23N3. The summed E-state index contributed by atoms with van der Waals surface area (Å²) in [6, 6.07) is 8.45. The fraction of sp³-hybridized carbons (Fsp3) is 0.533. The first-order chi connectivity index (χ1) is 8.62. The third-order valence-electron chi connectivity index (χ3n) is 2.87. The van der Waals surface area contributed by atoms with Gasteiger partial charge in [-0.05, 0) is 37.6 Å². The summed E-state index contributed by atoms with van der Waals surface area (Å²) in [6.07, 6.45) is 0. The van der Waals surface area contributed by atoms with E-state index in [9.17, 15) is 5.26 Å². The number of nitriles is 1. The molecule has 98 valence electrons. The monoisotopic (exact) mass is 245 g/mol. The highest BCUT2D eigenvalue weighted by Gasteiger charge is 2.11. The second kappa shape index (κ2) is 7.03. The molecule has 0 unspecified atom stereocenters. The first-order valence-corrected chi connectivity index (χ1v) is 6.54. The van der Waals surface area contributed by atoms with Gasteiger partial charge in [-0.15, -0.1) is 0 Å². The van der Waals surface area contributed by atoms with E-state index < -0.39 is 0 Å². The molecule has 1 N–H and O–H groups in total. The van der Waals surface area contributed by atoms with Crippen LogP contribution < -0.4 is 10.2 Å². The van der Waals surface area contributed by atoms with Crippen molar-refractivity contribution in [2.45, 2.75) is 27.3 Å². The van der Waals surface area contributed by atoms with Crippen LogP contribution in [0.1, 0.15) is 31.9 Å². The average Bonchev–Trinajstić information content (AvgIpc) is 2.36. The van der Waals surface area contributed by atoms with Gasteiger partial charge in [0, 0.05) is 19.6 Å². The highest BCUT2D eigenvalue weighted by molar-refractivity contribution is 5.60. The Bertz CT molecular complexity index is 418. The molecule has 0 aliphatic heterocycles. The van der Waals surface area contributed by atoms with E-state index in [2.05, 4.69) is 49.2 Å². The average molecular weight is 245 g/mol. The Morgan fingerprint density at radius 3 is 2.61 bits per heavy atom. The lowest BCUT2D eigenvalue weighted by atomic mass is 10.1. The van der Waals surface area contributed by atoms with Gasteiger partial charge in [-0.1, -0.05) is 19.9 Å². The lowest BCUT2D eigenvalue weighted by Crippen LogP contribution is -2.28. The van der Waals surface area contributed by atoms with Crippen molar-refractivity contribution in [1.82, 2.24) is 5.32 Å². The molecule has 0 radical (unpaired) electrons. The lowest BCUT2D eigenvalue weighted by molar-refractivity contribution is 0.618. The summed E-state index contributed by atoms with van der Waals surface area (Å²) in [7, 11) is 1.91. The Labute approximate surface area is 110 Å². The summed E-state index contributed by atoms with van der Waals surface area (Å²) < 4.78 is 0. The molecule has 3 nitrogen and oxygen atoms in total. The summed E-state index contributed by atoms with van der Waals surface area (Å²) >= 11 is 0. The van der Waals surface area contributed by atoms with Crippen molar-refractivity contribution in [3.05, 3.63) is 29.3 Å². The highest BCUT2D eigenvalue weighted by atomic mass is 15.1. The molecule has 0 aliphatic rings. The third-order valence-corrected chi connectivity index (χ3v) is 2.87. The highest BCUT2D eigenvalue weighted by Crippen LogP contribution is 2.22. The SMILES string of the molecule is CCN(CC(C)C)c1ccc(CNC)cc1C#N. The number of hydrogen-bond acceptors (Lipinski definition) is 3. The van der Waals surface area contributed by atoms with Gasteiger partial charge in [0.05, 0.1) is 11.3 Å². The number of hydrogen-bond donors (Lipinski definition) is 1. The Morgan fingerprint density at radius 2 is 2.11 bits per heavy atom. The van der Waals surface area contributed by atoms with Crippen molar-refractivity contribution in [1.29, 1.82) is 5.26 Å². The molecule has 1 rings (SSSR count). The van der Waals surface area contributed by atoms with Crippen LogP contribution in [-0.4, -0.2) is 20.1 Å². The Hall–Kier alpha value is -1.53. The van der Waals surface area contributed by atoms with Crippen molar-refractivity contribution in [3.63, 3.8) is 0 Å². The van der Waals surface area contributed by atoms with Crippen molar-refractivity contribution in [3.8, 4) is 6.07 Å². The minimum Gasteiger partial charge on any atom is -0.370 e. The molecule has 1 aromatic rings. The standard InChI is InChI=1S/C15H23N3/c1-5-18(11-12(2)3)15-7-6-13(10-17-4)8-14(15)9-16/h6-8,12,17H,5,10-11H2,1-4H3. The first-order valence-electron chi connectivity index (χ1n) is 6.54. The van der Waals surface area contributed by atoms with Gasteiger partial charge in [-0.2, -0.15) is 5.26 Å². The molecule has 0 aromatic heterocycles. The van der Waals surface area contributed by atoms with E-state index in [0.29, 0.717) is 5.92 Å². The van der Waals surface area contributed by atoms with Gasteiger partial charge >= 0.3 is 0 Å². The van der Waals surface area contributed by atoms with Gasteiger partial charge in [0.1, 0.15) is 6.07 Å². The zero-order chi connectivity index (χ0) is 13.5. The van der Waals surface area contributed by atoms with E-state index in [0.717, 1.165) is 36.4 Å². The molecule has 18 heavy (non-hydrogen) atoms. The first kappa shape index (κ1) is 14.5. The van der Waals surface area contributed by atoms with Crippen LogP contribution in [-0.2, 0) is 6.54 Å². The maximum Gasteiger partial charge on any atom is 0.101 e. The Balaban J connectivity index is 3.03. The second-order valence-electron chi connectivity index (χ2n) is 4.93. The maximum atomic E-state index is 9.29. The third kappa shape index (κ3) is 3.75. The summed E-state index contributed by atoms with van der Waals surface area (Å²) in [5, 5.41) is 12.4. The van der Waals surface area contributed by atoms with Crippen molar-refractivity contribution < 1.29 is 0 Å². The molecule has 3 heteroatoms. The predicted molar refractivity (Wildman–Crippen MR) is 76.6 cm³/mol. The molecule has 0 saturated heterocycles. The normalized spacial score (nSPS) is 10.4. The van der Waals surface area contributed by atoms with Crippen LogP contribution in [0.5, 0.6) is 0 Å². The quantitative estimate of drug-likeness (QED) is 0.837. The van der Waals surface area contributed by atoms with Gasteiger partial charge in [0.25, 0.3) is 0 Å². The maximum absolute atomic E-state index is 9.29. The smallest absolute Gasteiger partial charge is 0.101 e. The van der Waals surface area contributed by atoms with Crippen molar-refractivity contribution >= 4 is 5.69 Å². The summed E-state index contributed by atoms with van der Waals surface area (Å²) in [5.74, 6) is 0.591. The molecule has 0 fully saturated rings. The van der Waals surface area contributed by atoms with E-state index >= 15 is 0 Å². The molecular weight excluding hydrogens is 222 g/mol. The summed E-state index contributed by atoms with van der Waals surface area (Å²) in [5.41, 5.74) is 2.97. The van der Waals surface area contributed by atoms with E-state index in [1.165, 1.54) is 0 Å². The number of nitrogens with zero attached hydrogens (tertiary/aromatic N) is 2. The van der Waals surface area contributed by atoms with Crippen LogP contribution in [0.2, 0.25) is 0 Å². The van der Waals surface area contributed by atoms with Gasteiger partial charge in [-0.3, -0.25) is 0 Å². The number of nitrogens with one attached hydrogen (secondary N) is 1. The minimum absolute atomic E-state index is 0.591. The molecule has 0 spiro atoms. The zero-order valence-corrected chi connectivity index (χ0v) is 11.8. The molecule has 1 aromatic carbocycles. The topological polar surface area (TPSA) is 39.1 Å². The van der Waals surface area contributed by atoms with Gasteiger partial charge in [-0.25, -0.2) is 0 Å². The number of benzene rings is 1. The molecule has 0 atom stereocenters. The van der Waals surface area contributed by atoms with Crippen LogP contribution in [0.4, 0.5) is 5.69 Å². The Morgan fingerprint density at radius 1 is 1.39 bits per heavy atom. The van der Waals surface area contributed by atoms with Crippen LogP contribution in [0.15, 0.2) is 18.2 Å². The molecule has 0 amide bonds. The van der Waals surface area contributed by atoms with E-state index in [4.69, 9.17) is 0 Å². The van der Waals surface area contributed by atoms with Gasteiger partial charge in [0.15, 0.2) is 0 Å². The van der Waals surface area contributed by atoms with E-state index in [1.807, 2.05) is 13.1 Å². The van der Waals surface area contributed by atoms with E-state index in [1.54, 1.807) is 0 Å². The van der Waals surface area contributed by atoms with Crippen LogP contribution in [0, 0.1) is 17.2 Å². The molecule has 0 bridgehead atoms. The molecule has 0 saturated carbocycles. The van der Waals surface area contributed by atoms with Crippen LogP contribution in [0.3, 0.4) is 0 Å². The van der Waals surface area contributed by atoms with Crippen LogP contribution in [0.25, 0.3) is 0 Å². The fourth-order valence-corrected chi connectivity index (χ4v) is 2.10. The molecule has 0 heterocycles. The Kier molecular flexibility index (Phi) is 5.67. The summed E-state index contributed by atoms with van der Waals surface area (Å²) in [6.45, 7) is 9.24. The predicted octanol–water partition coefficient (Wildman–Crippen LogP) is 2.76. The van der Waals surface area contributed by atoms with E-state index in [-0.39, 0.29) is 0 Å². The second-order valence-corrected chi connectivity index (χ2v) is 4.93. The minimum atomic E-state index is 0.591. The largest absolute Gasteiger partial charge is 0.370 e. The van der Waals surface area contributed by atoms with Crippen LogP contribution >= 0.6 is 0 Å². The molecule has 0 aliphatic carbocycles. The lowest BCUT2D eigenvalue weighted by Gasteiger charge is -2.26. The number of rotatable bonds is 6.